The minimum atomic E-state index is 0.570. The van der Waals surface area contributed by atoms with Gasteiger partial charge in [0, 0.05) is 31.4 Å². The Balaban J connectivity index is 2.03. The van der Waals surface area contributed by atoms with E-state index < -0.39 is 0 Å². The maximum atomic E-state index is 5.44. The van der Waals surface area contributed by atoms with Crippen LogP contribution >= 0.6 is 0 Å². The Labute approximate surface area is 97.4 Å². The van der Waals surface area contributed by atoms with E-state index >= 15 is 0 Å². The van der Waals surface area contributed by atoms with Gasteiger partial charge in [0.15, 0.2) is 0 Å². The van der Waals surface area contributed by atoms with Crippen LogP contribution in [0.25, 0.3) is 0 Å². The van der Waals surface area contributed by atoms with Crippen LogP contribution < -0.4 is 15.0 Å². The van der Waals surface area contributed by atoms with Gasteiger partial charge in [-0.25, -0.2) is 0 Å². The highest BCUT2D eigenvalue weighted by molar-refractivity contribution is 5.49. The van der Waals surface area contributed by atoms with Crippen LogP contribution in [-0.2, 0) is 0 Å². The second-order valence-corrected chi connectivity index (χ2v) is 4.23. The highest BCUT2D eigenvalue weighted by atomic mass is 16.5. The van der Waals surface area contributed by atoms with Crippen molar-refractivity contribution in [2.45, 2.75) is 19.9 Å². The lowest BCUT2D eigenvalue weighted by Gasteiger charge is -2.33. The fraction of sp³-hybridized carbons (Fsp3) is 0.538. The minimum Gasteiger partial charge on any atom is -0.494 e. The molecule has 0 saturated carbocycles. The first-order chi connectivity index (χ1) is 7.79. The van der Waals surface area contributed by atoms with E-state index in [1.165, 1.54) is 5.69 Å². The summed E-state index contributed by atoms with van der Waals surface area (Å²) in [5.74, 6) is 0.953. The zero-order valence-electron chi connectivity index (χ0n) is 10.1. The molecule has 0 amide bonds. The van der Waals surface area contributed by atoms with Crippen molar-refractivity contribution >= 4 is 5.69 Å². The predicted octanol–water partition coefficient (Wildman–Crippen LogP) is 1.88. The predicted molar refractivity (Wildman–Crippen MR) is 67.3 cm³/mol. The van der Waals surface area contributed by atoms with Crippen LogP contribution in [0.1, 0.15) is 13.8 Å². The van der Waals surface area contributed by atoms with Gasteiger partial charge in [0.05, 0.1) is 6.61 Å². The zero-order chi connectivity index (χ0) is 11.4. The van der Waals surface area contributed by atoms with Gasteiger partial charge in [0.1, 0.15) is 5.75 Å². The zero-order valence-corrected chi connectivity index (χ0v) is 10.1. The molecule has 88 valence electrons. The average molecular weight is 220 g/mol. The van der Waals surface area contributed by atoms with Crippen molar-refractivity contribution in [2.75, 3.05) is 31.1 Å². The molecule has 1 heterocycles. The van der Waals surface area contributed by atoms with Gasteiger partial charge in [-0.3, -0.25) is 0 Å². The number of benzene rings is 1. The molecular weight excluding hydrogens is 200 g/mol. The van der Waals surface area contributed by atoms with Crippen molar-refractivity contribution in [1.82, 2.24) is 5.32 Å². The van der Waals surface area contributed by atoms with E-state index in [-0.39, 0.29) is 0 Å². The molecule has 0 radical (unpaired) electrons. The third kappa shape index (κ3) is 2.67. The number of hydrogen-bond acceptors (Lipinski definition) is 3. The maximum absolute atomic E-state index is 5.44. The molecule has 1 aliphatic heterocycles. The first-order valence-corrected chi connectivity index (χ1v) is 6.01. The van der Waals surface area contributed by atoms with Crippen molar-refractivity contribution < 1.29 is 4.74 Å². The summed E-state index contributed by atoms with van der Waals surface area (Å²) in [5, 5.41) is 3.45. The summed E-state index contributed by atoms with van der Waals surface area (Å²) in [4.78, 5) is 2.41. The molecule has 3 heteroatoms. The first-order valence-electron chi connectivity index (χ1n) is 6.01. The second-order valence-electron chi connectivity index (χ2n) is 4.23. The fourth-order valence-electron chi connectivity index (χ4n) is 2.09. The lowest BCUT2D eigenvalue weighted by molar-refractivity contribution is 0.340. The van der Waals surface area contributed by atoms with Gasteiger partial charge in [-0.2, -0.15) is 0 Å². The summed E-state index contributed by atoms with van der Waals surface area (Å²) < 4.78 is 5.44. The number of anilines is 1. The normalized spacial score (nSPS) is 20.9. The molecule has 1 aromatic carbocycles. The van der Waals surface area contributed by atoms with Crippen molar-refractivity contribution in [3.8, 4) is 5.75 Å². The Morgan fingerprint density at radius 2 is 2.12 bits per heavy atom. The Bertz CT molecular complexity index is 323. The van der Waals surface area contributed by atoms with Crippen LogP contribution in [0, 0.1) is 0 Å². The third-order valence-electron chi connectivity index (χ3n) is 2.88. The topological polar surface area (TPSA) is 24.5 Å². The Kier molecular flexibility index (Phi) is 3.67. The smallest absolute Gasteiger partial charge is 0.119 e. The van der Waals surface area contributed by atoms with Gasteiger partial charge >= 0.3 is 0 Å². The standard InChI is InChI=1S/C13H20N2O/c1-3-16-13-6-4-12(5-7-13)15-9-8-14-11(2)10-15/h4-7,11,14H,3,8-10H2,1-2H3/t11-/m1/s1. The van der Waals surface area contributed by atoms with Gasteiger partial charge in [-0.1, -0.05) is 0 Å². The van der Waals surface area contributed by atoms with Gasteiger partial charge in [0.2, 0.25) is 0 Å². The second kappa shape index (κ2) is 5.21. The molecule has 1 saturated heterocycles. The van der Waals surface area contributed by atoms with Crippen molar-refractivity contribution in [3.63, 3.8) is 0 Å². The SMILES string of the molecule is CCOc1ccc(N2CCN[C@H](C)C2)cc1. The molecule has 0 spiro atoms. The lowest BCUT2D eigenvalue weighted by Crippen LogP contribution is -2.49. The molecule has 1 aliphatic rings. The summed E-state index contributed by atoms with van der Waals surface area (Å²) >= 11 is 0. The van der Waals surface area contributed by atoms with E-state index in [1.807, 2.05) is 19.1 Å². The fourth-order valence-corrected chi connectivity index (χ4v) is 2.09. The van der Waals surface area contributed by atoms with E-state index in [1.54, 1.807) is 0 Å². The third-order valence-corrected chi connectivity index (χ3v) is 2.88. The van der Waals surface area contributed by atoms with Gasteiger partial charge in [-0.05, 0) is 38.1 Å². The molecule has 16 heavy (non-hydrogen) atoms. The molecular formula is C13H20N2O. The van der Waals surface area contributed by atoms with Crippen LogP contribution in [0.3, 0.4) is 0 Å². The number of piperazine rings is 1. The van der Waals surface area contributed by atoms with Crippen molar-refractivity contribution in [1.29, 1.82) is 0 Å². The minimum absolute atomic E-state index is 0.570. The molecule has 1 atom stereocenters. The Morgan fingerprint density at radius 3 is 2.75 bits per heavy atom. The van der Waals surface area contributed by atoms with Crippen molar-refractivity contribution in [3.05, 3.63) is 24.3 Å². The van der Waals surface area contributed by atoms with E-state index in [2.05, 4.69) is 29.3 Å². The lowest BCUT2D eigenvalue weighted by atomic mass is 10.2. The van der Waals surface area contributed by atoms with Crippen LogP contribution in [-0.4, -0.2) is 32.3 Å². The molecule has 2 rings (SSSR count). The van der Waals surface area contributed by atoms with E-state index in [0.29, 0.717) is 6.04 Å². The number of rotatable bonds is 3. The van der Waals surface area contributed by atoms with E-state index in [4.69, 9.17) is 4.74 Å². The van der Waals surface area contributed by atoms with Crippen molar-refractivity contribution in [2.24, 2.45) is 0 Å². The van der Waals surface area contributed by atoms with Gasteiger partial charge in [-0.15, -0.1) is 0 Å². The number of nitrogens with zero attached hydrogens (tertiary/aromatic N) is 1. The summed E-state index contributed by atoms with van der Waals surface area (Å²) in [6, 6.07) is 8.95. The van der Waals surface area contributed by atoms with Crippen LogP contribution in [0.4, 0.5) is 5.69 Å². The molecule has 0 unspecified atom stereocenters. The molecule has 1 fully saturated rings. The first kappa shape index (κ1) is 11.3. The summed E-state index contributed by atoms with van der Waals surface area (Å²) in [5.41, 5.74) is 1.29. The summed E-state index contributed by atoms with van der Waals surface area (Å²) in [7, 11) is 0. The van der Waals surface area contributed by atoms with Gasteiger partial charge < -0.3 is 15.0 Å². The largest absolute Gasteiger partial charge is 0.494 e. The summed E-state index contributed by atoms with van der Waals surface area (Å²) in [6.45, 7) is 8.18. The van der Waals surface area contributed by atoms with Crippen LogP contribution in [0.15, 0.2) is 24.3 Å². The summed E-state index contributed by atoms with van der Waals surface area (Å²) in [6.07, 6.45) is 0. The number of hydrogen-bond donors (Lipinski definition) is 1. The number of ether oxygens (including phenoxy) is 1. The van der Waals surface area contributed by atoms with Crippen LogP contribution in [0.5, 0.6) is 5.75 Å². The quantitative estimate of drug-likeness (QED) is 0.842. The molecule has 1 aromatic rings. The maximum Gasteiger partial charge on any atom is 0.119 e. The monoisotopic (exact) mass is 220 g/mol. The average Bonchev–Trinajstić information content (AvgIpc) is 2.30. The Hall–Kier alpha value is -1.22. The molecule has 0 bridgehead atoms. The molecule has 1 N–H and O–H groups in total. The van der Waals surface area contributed by atoms with Crippen LogP contribution in [0.2, 0.25) is 0 Å². The molecule has 3 nitrogen and oxygen atoms in total. The molecule has 0 aromatic heterocycles. The number of nitrogens with one attached hydrogen (secondary N) is 1. The highest BCUT2D eigenvalue weighted by Gasteiger charge is 2.15. The van der Waals surface area contributed by atoms with E-state index in [0.717, 1.165) is 32.0 Å². The highest BCUT2D eigenvalue weighted by Crippen LogP contribution is 2.20. The Morgan fingerprint density at radius 1 is 1.38 bits per heavy atom. The van der Waals surface area contributed by atoms with E-state index in [9.17, 15) is 0 Å². The van der Waals surface area contributed by atoms with Gasteiger partial charge in [0.25, 0.3) is 0 Å². The molecule has 0 aliphatic carbocycles.